The van der Waals surface area contributed by atoms with Crippen molar-refractivity contribution in [1.29, 1.82) is 0 Å². The van der Waals surface area contributed by atoms with Gasteiger partial charge in [-0.15, -0.1) is 0 Å². The molecule has 1 nitrogen and oxygen atoms in total. The van der Waals surface area contributed by atoms with Crippen molar-refractivity contribution in [2.24, 2.45) is 5.73 Å². The molecule has 0 aromatic rings. The van der Waals surface area contributed by atoms with Crippen molar-refractivity contribution in [2.45, 2.75) is 0 Å². The first-order valence-corrected chi connectivity index (χ1v) is 1.48. The maximum atomic E-state index is 4.85. The van der Waals surface area contributed by atoms with Crippen molar-refractivity contribution in [3.8, 4) is 0 Å². The zero-order chi connectivity index (χ0) is 4.83. The minimum atomic E-state index is 1.25. The molecule has 0 spiro atoms. The Morgan fingerprint density at radius 1 is 1.67 bits per heavy atom. The Morgan fingerprint density at radius 3 is 2.50 bits per heavy atom. The molecule has 0 aliphatic rings. The molecule has 0 aliphatic heterocycles. The zero-order valence-corrected chi connectivity index (χ0v) is 3.36. The van der Waals surface area contributed by atoms with Crippen LogP contribution in [0.1, 0.15) is 0 Å². The van der Waals surface area contributed by atoms with E-state index in [2.05, 4.69) is 23.8 Å². The van der Waals surface area contributed by atoms with Crippen LogP contribution in [0.2, 0.25) is 0 Å². The quantitative estimate of drug-likeness (QED) is 0.422. The molecule has 0 atom stereocenters. The summed E-state index contributed by atoms with van der Waals surface area (Å²) in [6.07, 6.45) is 1.25. The Morgan fingerprint density at radius 2 is 2.33 bits per heavy atom. The van der Waals surface area contributed by atoms with E-state index in [1.54, 1.807) is 0 Å². The number of nitrogens with two attached hydrogens (primary N) is 1. The Hall–Kier alpha value is -1.12. The third-order valence-electron chi connectivity index (χ3n) is 0.244. The first-order chi connectivity index (χ1) is 2.91. The molecule has 6 heavy (non-hydrogen) atoms. The highest BCUT2D eigenvalue weighted by atomic mass is 14.5. The van der Waals surface area contributed by atoms with Gasteiger partial charge in [0.05, 0.1) is 0 Å². The third kappa shape index (κ3) is 2.88. The van der Waals surface area contributed by atoms with Gasteiger partial charge in [-0.25, -0.2) is 0 Å². The van der Waals surface area contributed by atoms with Gasteiger partial charge < -0.3 is 5.73 Å². The van der Waals surface area contributed by atoms with Gasteiger partial charge in [0.15, 0.2) is 0 Å². The summed E-state index contributed by atoms with van der Waals surface area (Å²) >= 11 is 0. The maximum absolute atomic E-state index is 4.85. The van der Waals surface area contributed by atoms with Gasteiger partial charge >= 0.3 is 0 Å². The van der Waals surface area contributed by atoms with Gasteiger partial charge in [-0.2, -0.15) is 0 Å². The summed E-state index contributed by atoms with van der Waals surface area (Å²) in [5.74, 6) is 0. The summed E-state index contributed by atoms with van der Waals surface area (Å²) < 4.78 is 0. The molecule has 0 aromatic heterocycles. The maximum Gasteiger partial charge on any atom is 0.0463 e. The minimum Gasteiger partial charge on any atom is -0.398 e. The van der Waals surface area contributed by atoms with E-state index in [4.69, 9.17) is 5.73 Å². The molecular weight excluding hydrogens is 74.1 g/mol. The number of hydrogen-bond acceptors (Lipinski definition) is 1. The molecule has 0 radical (unpaired) electrons. The lowest BCUT2D eigenvalue weighted by molar-refractivity contribution is 1.63. The molecule has 0 amide bonds. The van der Waals surface area contributed by atoms with E-state index < -0.39 is 0 Å². The zero-order valence-electron chi connectivity index (χ0n) is 3.36. The molecule has 0 unspecified atom stereocenters. The fourth-order valence-corrected chi connectivity index (χ4v) is 0.0927. The largest absolute Gasteiger partial charge is 0.398 e. The normalized spacial score (nSPS) is 4.00. The van der Waals surface area contributed by atoms with Gasteiger partial charge in [0.25, 0.3) is 0 Å². The second-order valence-electron chi connectivity index (χ2n) is 0.613. The van der Waals surface area contributed by atoms with Crippen LogP contribution in [0, 0.1) is 0 Å². The van der Waals surface area contributed by atoms with Crippen molar-refractivity contribution in [1.82, 2.24) is 0 Å². The van der Waals surface area contributed by atoms with Gasteiger partial charge in [0, 0.05) is 6.20 Å². The van der Waals surface area contributed by atoms with Crippen molar-refractivity contribution in [3.05, 3.63) is 30.0 Å². The Balaban J connectivity index is 4.19. The molecule has 30 valence electrons. The van der Waals surface area contributed by atoms with Gasteiger partial charge in [-0.1, -0.05) is 5.73 Å². The predicted molar refractivity (Wildman–Crippen MR) is 24.9 cm³/mol. The van der Waals surface area contributed by atoms with E-state index in [1.807, 2.05) is 0 Å². The lowest BCUT2D eigenvalue weighted by atomic mass is 10.8. The highest BCUT2D eigenvalue weighted by Gasteiger charge is 1.31. The van der Waals surface area contributed by atoms with Crippen LogP contribution in [0.25, 0.3) is 0 Å². The van der Waals surface area contributed by atoms with Gasteiger partial charge in [0.1, 0.15) is 0 Å². The van der Waals surface area contributed by atoms with E-state index in [0.717, 1.165) is 0 Å². The SMILES string of the molecule is C=C=C=C=CN. The number of rotatable bonds is 0. The molecule has 0 fully saturated rings. The van der Waals surface area contributed by atoms with Gasteiger partial charge in [0.2, 0.25) is 0 Å². The summed E-state index contributed by atoms with van der Waals surface area (Å²) in [4.78, 5) is 0. The van der Waals surface area contributed by atoms with Crippen molar-refractivity contribution < 1.29 is 0 Å². The van der Waals surface area contributed by atoms with Crippen LogP contribution in [-0.2, 0) is 0 Å². The average Bonchev–Trinajstić information content (AvgIpc) is 1.61. The smallest absolute Gasteiger partial charge is 0.0463 e. The average molecular weight is 79.1 g/mol. The van der Waals surface area contributed by atoms with E-state index >= 15 is 0 Å². The summed E-state index contributed by atoms with van der Waals surface area (Å²) in [6, 6.07) is 0. The summed E-state index contributed by atoms with van der Waals surface area (Å²) in [6.45, 7) is 3.22. The monoisotopic (exact) mass is 79.0 g/mol. The van der Waals surface area contributed by atoms with E-state index in [1.165, 1.54) is 6.20 Å². The van der Waals surface area contributed by atoms with E-state index in [0.29, 0.717) is 0 Å². The second kappa shape index (κ2) is 3.88. The molecule has 0 aliphatic carbocycles. The molecule has 2 N–H and O–H groups in total. The molecule has 0 aromatic carbocycles. The molecular formula is C5H5N. The second-order valence-corrected chi connectivity index (χ2v) is 0.613. The van der Waals surface area contributed by atoms with Crippen LogP contribution in [0.4, 0.5) is 0 Å². The predicted octanol–water partition coefficient (Wildman–Crippen LogP) is 0.554. The lowest BCUT2D eigenvalue weighted by Crippen LogP contribution is -1.68. The minimum absolute atomic E-state index is 1.25. The standard InChI is InChI=1S/C5H5N/c1-2-3-4-5-6/h5H,1,6H2. The van der Waals surface area contributed by atoms with Crippen molar-refractivity contribution in [3.63, 3.8) is 0 Å². The van der Waals surface area contributed by atoms with Gasteiger partial charge in [-0.3, -0.25) is 0 Å². The Kier molecular flexibility index (Phi) is 3.16. The third-order valence-corrected chi connectivity index (χ3v) is 0.244. The highest BCUT2D eigenvalue weighted by Crippen LogP contribution is 1.43. The fourth-order valence-electron chi connectivity index (χ4n) is 0.0927. The lowest BCUT2D eigenvalue weighted by Gasteiger charge is -1.46. The highest BCUT2D eigenvalue weighted by molar-refractivity contribution is 4.79. The molecule has 0 heterocycles. The summed E-state index contributed by atoms with van der Waals surface area (Å²) in [5.41, 5.74) is 12.0. The van der Waals surface area contributed by atoms with E-state index in [9.17, 15) is 0 Å². The Labute approximate surface area is 36.8 Å². The molecule has 0 saturated carbocycles. The first-order valence-electron chi connectivity index (χ1n) is 1.48. The van der Waals surface area contributed by atoms with Crippen LogP contribution in [0.3, 0.4) is 0 Å². The van der Waals surface area contributed by atoms with Crippen LogP contribution >= 0.6 is 0 Å². The van der Waals surface area contributed by atoms with E-state index in [-0.39, 0.29) is 0 Å². The van der Waals surface area contributed by atoms with Crippen molar-refractivity contribution in [2.75, 3.05) is 0 Å². The van der Waals surface area contributed by atoms with Crippen LogP contribution in [-0.4, -0.2) is 0 Å². The van der Waals surface area contributed by atoms with Crippen molar-refractivity contribution >= 4 is 0 Å². The first kappa shape index (κ1) is 4.88. The molecule has 0 saturated heterocycles. The molecule has 1 heteroatoms. The van der Waals surface area contributed by atoms with Crippen LogP contribution < -0.4 is 5.73 Å². The van der Waals surface area contributed by atoms with Gasteiger partial charge in [-0.05, 0) is 18.0 Å². The number of hydrogen-bond donors (Lipinski definition) is 1. The van der Waals surface area contributed by atoms with Crippen LogP contribution in [0.15, 0.2) is 30.0 Å². The molecule has 0 rings (SSSR count). The fraction of sp³-hybridized carbons (Fsp3) is 0. The molecule has 0 bridgehead atoms. The summed E-state index contributed by atoms with van der Waals surface area (Å²) in [5, 5.41) is 0. The summed E-state index contributed by atoms with van der Waals surface area (Å²) in [7, 11) is 0. The Bertz CT molecular complexity index is 128. The topological polar surface area (TPSA) is 26.0 Å². The van der Waals surface area contributed by atoms with Crippen LogP contribution in [0.5, 0.6) is 0 Å².